The van der Waals surface area contributed by atoms with Gasteiger partial charge in [-0.05, 0) is 12.5 Å². The lowest BCUT2D eigenvalue weighted by Crippen LogP contribution is -2.47. The maximum Gasteiger partial charge on any atom is 0.334 e. The molecular weight excluding hydrogens is 249 g/mol. The van der Waals surface area contributed by atoms with Crippen molar-refractivity contribution in [1.82, 2.24) is 4.90 Å². The third kappa shape index (κ3) is 3.11. The summed E-state index contributed by atoms with van der Waals surface area (Å²) in [5.41, 5.74) is 0.621. The van der Waals surface area contributed by atoms with E-state index in [9.17, 15) is 9.18 Å². The quantitative estimate of drug-likeness (QED) is 0.907. The van der Waals surface area contributed by atoms with Crippen molar-refractivity contribution < 1.29 is 19.0 Å². The Morgan fingerprint density at radius 2 is 2.32 bits per heavy atom. The van der Waals surface area contributed by atoms with Crippen LogP contribution in [-0.2, 0) is 9.53 Å². The fourth-order valence-corrected chi connectivity index (χ4v) is 2.52. The maximum absolute atomic E-state index is 13.9. The number of carboxylic acid groups (broad SMARTS) is 1. The summed E-state index contributed by atoms with van der Waals surface area (Å²) in [4.78, 5) is 13.0. The van der Waals surface area contributed by atoms with Gasteiger partial charge in [0.1, 0.15) is 5.82 Å². The molecule has 104 valence electrons. The second kappa shape index (κ2) is 6.12. The molecule has 1 fully saturated rings. The average molecular weight is 267 g/mol. The van der Waals surface area contributed by atoms with E-state index in [1.54, 1.807) is 18.2 Å². The van der Waals surface area contributed by atoms with E-state index in [4.69, 9.17) is 9.84 Å². The molecule has 4 nitrogen and oxygen atoms in total. The molecule has 1 saturated heterocycles. The van der Waals surface area contributed by atoms with Crippen molar-refractivity contribution in [3.8, 4) is 0 Å². The fourth-order valence-electron chi connectivity index (χ4n) is 2.52. The van der Waals surface area contributed by atoms with Crippen molar-refractivity contribution in [2.75, 3.05) is 19.7 Å². The minimum Gasteiger partial charge on any atom is -0.479 e. The topological polar surface area (TPSA) is 49.8 Å². The number of ether oxygens (including phenoxy) is 1. The lowest BCUT2D eigenvalue weighted by atomic mass is 10.0. The van der Waals surface area contributed by atoms with Crippen molar-refractivity contribution in [2.24, 2.45) is 0 Å². The predicted molar refractivity (Wildman–Crippen MR) is 68.4 cm³/mol. The first-order valence-electron chi connectivity index (χ1n) is 6.46. The molecule has 19 heavy (non-hydrogen) atoms. The molecule has 1 aromatic carbocycles. The minimum atomic E-state index is -0.965. The molecule has 1 aliphatic rings. The molecule has 1 N–H and O–H groups in total. The van der Waals surface area contributed by atoms with E-state index in [1.807, 2.05) is 11.8 Å². The summed E-state index contributed by atoms with van der Waals surface area (Å²) in [7, 11) is 0. The highest BCUT2D eigenvalue weighted by Crippen LogP contribution is 2.28. The van der Waals surface area contributed by atoms with E-state index in [1.165, 1.54) is 6.07 Å². The highest BCUT2D eigenvalue weighted by molar-refractivity contribution is 5.72. The molecule has 2 rings (SSSR count). The Bertz CT molecular complexity index is 452. The molecule has 0 bridgehead atoms. The molecular formula is C14H18FNO3. The van der Waals surface area contributed by atoms with Crippen molar-refractivity contribution in [2.45, 2.75) is 25.5 Å². The van der Waals surface area contributed by atoms with Gasteiger partial charge in [0.25, 0.3) is 0 Å². The van der Waals surface area contributed by atoms with E-state index < -0.39 is 12.1 Å². The molecule has 2 unspecified atom stereocenters. The van der Waals surface area contributed by atoms with Gasteiger partial charge in [-0.25, -0.2) is 9.18 Å². The van der Waals surface area contributed by atoms with Crippen LogP contribution in [0.15, 0.2) is 24.3 Å². The van der Waals surface area contributed by atoms with Crippen molar-refractivity contribution >= 4 is 5.97 Å². The van der Waals surface area contributed by atoms with Crippen LogP contribution in [0.2, 0.25) is 0 Å². The van der Waals surface area contributed by atoms with Crippen molar-refractivity contribution in [3.05, 3.63) is 35.6 Å². The van der Waals surface area contributed by atoms with Gasteiger partial charge in [0.2, 0.25) is 0 Å². The number of aliphatic carboxylic acids is 1. The van der Waals surface area contributed by atoms with Crippen LogP contribution in [0.5, 0.6) is 0 Å². The zero-order chi connectivity index (χ0) is 13.8. The Morgan fingerprint density at radius 1 is 1.58 bits per heavy atom. The van der Waals surface area contributed by atoms with E-state index in [0.717, 1.165) is 6.42 Å². The number of hydrogen-bond donors (Lipinski definition) is 1. The normalized spacial score (nSPS) is 22.1. The van der Waals surface area contributed by atoms with Crippen molar-refractivity contribution in [3.63, 3.8) is 0 Å². The Kier molecular flexibility index (Phi) is 4.50. The smallest absolute Gasteiger partial charge is 0.334 e. The van der Waals surface area contributed by atoms with Crippen LogP contribution in [0.4, 0.5) is 4.39 Å². The summed E-state index contributed by atoms with van der Waals surface area (Å²) in [6, 6.07) is 6.55. The summed E-state index contributed by atoms with van der Waals surface area (Å²) in [6.07, 6.45) is -0.0950. The molecule has 2 atom stereocenters. The molecule has 0 aromatic heterocycles. The molecule has 0 amide bonds. The summed E-state index contributed by atoms with van der Waals surface area (Å²) >= 11 is 0. The van der Waals surface area contributed by atoms with Gasteiger partial charge in [0, 0.05) is 24.7 Å². The molecule has 0 spiro atoms. The summed E-state index contributed by atoms with van der Waals surface area (Å²) < 4.78 is 19.1. The minimum absolute atomic E-state index is 0.105. The van der Waals surface area contributed by atoms with Gasteiger partial charge in [-0.3, -0.25) is 4.90 Å². The second-order valence-electron chi connectivity index (χ2n) is 4.64. The van der Waals surface area contributed by atoms with Crippen LogP contribution < -0.4 is 0 Å². The van der Waals surface area contributed by atoms with Gasteiger partial charge in [-0.1, -0.05) is 25.1 Å². The molecule has 0 radical (unpaired) electrons. The maximum atomic E-state index is 13.9. The number of halogens is 1. The predicted octanol–water partition coefficient (Wildman–Crippen LogP) is 2.06. The zero-order valence-corrected chi connectivity index (χ0v) is 10.9. The molecule has 0 saturated carbocycles. The van der Waals surface area contributed by atoms with Crippen LogP contribution in [0.1, 0.15) is 24.9 Å². The van der Waals surface area contributed by atoms with Gasteiger partial charge in [0.15, 0.2) is 6.10 Å². The first-order chi connectivity index (χ1) is 9.13. The molecule has 1 aromatic rings. The Labute approximate surface area is 111 Å². The van der Waals surface area contributed by atoms with Crippen LogP contribution >= 0.6 is 0 Å². The van der Waals surface area contributed by atoms with Crippen LogP contribution in [0.3, 0.4) is 0 Å². The summed E-state index contributed by atoms with van der Waals surface area (Å²) in [5, 5.41) is 9.01. The monoisotopic (exact) mass is 267 g/mol. The standard InChI is InChI=1S/C14H18FNO3/c1-2-12(10-5-3-4-6-11(10)15)16-7-8-19-13(9-16)14(17)18/h3-6,12-13H,2,7-9H2,1H3,(H,17,18). The van der Waals surface area contributed by atoms with Crippen LogP contribution in [0.25, 0.3) is 0 Å². The molecule has 1 aliphatic heterocycles. The lowest BCUT2D eigenvalue weighted by molar-refractivity contribution is -0.157. The molecule has 5 heteroatoms. The Balaban J connectivity index is 2.18. The second-order valence-corrected chi connectivity index (χ2v) is 4.64. The number of benzene rings is 1. The van der Waals surface area contributed by atoms with E-state index in [2.05, 4.69) is 0 Å². The van der Waals surface area contributed by atoms with Crippen LogP contribution in [0, 0.1) is 5.82 Å². The molecule has 0 aliphatic carbocycles. The first-order valence-corrected chi connectivity index (χ1v) is 6.46. The summed E-state index contributed by atoms with van der Waals surface area (Å²) in [5.74, 6) is -1.21. The van der Waals surface area contributed by atoms with E-state index >= 15 is 0 Å². The van der Waals surface area contributed by atoms with Gasteiger partial charge >= 0.3 is 5.97 Å². The third-order valence-electron chi connectivity index (χ3n) is 3.46. The number of hydrogen-bond acceptors (Lipinski definition) is 3. The van der Waals surface area contributed by atoms with Gasteiger partial charge in [-0.2, -0.15) is 0 Å². The Morgan fingerprint density at radius 3 is 2.95 bits per heavy atom. The fraction of sp³-hybridized carbons (Fsp3) is 0.500. The summed E-state index contributed by atoms with van der Waals surface area (Å²) in [6.45, 7) is 3.25. The highest BCUT2D eigenvalue weighted by atomic mass is 19.1. The molecule has 1 heterocycles. The largest absolute Gasteiger partial charge is 0.479 e. The average Bonchev–Trinajstić information content (AvgIpc) is 2.42. The SMILES string of the molecule is CCC(c1ccccc1F)N1CCOC(C(=O)O)C1. The third-order valence-corrected chi connectivity index (χ3v) is 3.46. The number of nitrogens with zero attached hydrogens (tertiary/aromatic N) is 1. The number of rotatable bonds is 4. The zero-order valence-electron chi connectivity index (χ0n) is 10.9. The van der Waals surface area contributed by atoms with Gasteiger partial charge in [-0.15, -0.1) is 0 Å². The van der Waals surface area contributed by atoms with Crippen molar-refractivity contribution in [1.29, 1.82) is 0 Å². The lowest BCUT2D eigenvalue weighted by Gasteiger charge is -2.36. The van der Waals surface area contributed by atoms with E-state index in [-0.39, 0.29) is 11.9 Å². The van der Waals surface area contributed by atoms with Gasteiger partial charge in [0.05, 0.1) is 6.61 Å². The number of morpholine rings is 1. The van der Waals surface area contributed by atoms with Gasteiger partial charge < -0.3 is 9.84 Å². The van der Waals surface area contributed by atoms with E-state index in [0.29, 0.717) is 25.3 Å². The first kappa shape index (κ1) is 14.0. The number of carboxylic acids is 1. The Hall–Kier alpha value is -1.46. The highest BCUT2D eigenvalue weighted by Gasteiger charge is 2.31. The van der Waals surface area contributed by atoms with Crippen LogP contribution in [-0.4, -0.2) is 41.8 Å². The number of carbonyl (C=O) groups is 1.